The van der Waals surface area contributed by atoms with Crippen LogP contribution in [0.3, 0.4) is 0 Å². The molecular formula is C9H13NO4S. The third-order valence-electron chi connectivity index (χ3n) is 2.28. The second kappa shape index (κ2) is 5.16. The molecule has 0 aromatic carbocycles. The fraction of sp³-hybridized carbons (Fsp3) is 0.667. The molecule has 1 fully saturated rings. The first kappa shape index (κ1) is 12.0. The topological polar surface area (TPSA) is 74.7 Å². The van der Waals surface area contributed by atoms with Crippen molar-refractivity contribution in [3.63, 3.8) is 0 Å². The number of carboxylic acids is 1. The van der Waals surface area contributed by atoms with Crippen molar-refractivity contribution in [2.75, 3.05) is 12.0 Å². The lowest BCUT2D eigenvalue weighted by molar-refractivity contribution is -0.154. The molecule has 0 saturated carbocycles. The summed E-state index contributed by atoms with van der Waals surface area (Å²) in [7, 11) is 0. The normalized spacial score (nSPS) is 18.3. The monoisotopic (exact) mass is 231 g/mol. The number of amides is 2. The van der Waals surface area contributed by atoms with Crippen LogP contribution in [-0.4, -0.2) is 45.8 Å². The largest absolute Gasteiger partial charge is 0.480 e. The highest BCUT2D eigenvalue weighted by Crippen LogP contribution is 2.18. The molecule has 1 rings (SSSR count). The number of hydrogen-bond acceptors (Lipinski definition) is 4. The highest BCUT2D eigenvalue weighted by molar-refractivity contribution is 7.98. The molecule has 0 aromatic heterocycles. The molecular weight excluding hydrogens is 218 g/mol. The van der Waals surface area contributed by atoms with Gasteiger partial charge in [-0.05, 0) is 18.4 Å². The number of likely N-dealkylation sites (tertiary alicyclic amines) is 1. The number of hydrogen-bond donors (Lipinski definition) is 1. The molecule has 0 aromatic rings. The van der Waals surface area contributed by atoms with Gasteiger partial charge in [0.05, 0.1) is 0 Å². The van der Waals surface area contributed by atoms with E-state index in [1.165, 1.54) is 11.8 Å². The van der Waals surface area contributed by atoms with Crippen LogP contribution in [0.5, 0.6) is 0 Å². The summed E-state index contributed by atoms with van der Waals surface area (Å²) in [6.45, 7) is 0. The van der Waals surface area contributed by atoms with Gasteiger partial charge in [-0.3, -0.25) is 14.5 Å². The average molecular weight is 231 g/mol. The summed E-state index contributed by atoms with van der Waals surface area (Å²) in [6, 6.07) is -0.986. The Morgan fingerprint density at radius 2 is 2.00 bits per heavy atom. The van der Waals surface area contributed by atoms with Crippen molar-refractivity contribution in [1.29, 1.82) is 0 Å². The van der Waals surface area contributed by atoms with Crippen molar-refractivity contribution in [3.8, 4) is 0 Å². The maximum absolute atomic E-state index is 11.3. The summed E-state index contributed by atoms with van der Waals surface area (Å²) in [5.41, 5.74) is 0. The van der Waals surface area contributed by atoms with Gasteiger partial charge in [0.25, 0.3) is 0 Å². The van der Waals surface area contributed by atoms with Crippen LogP contribution < -0.4 is 0 Å². The smallest absolute Gasteiger partial charge is 0.326 e. The minimum Gasteiger partial charge on any atom is -0.480 e. The van der Waals surface area contributed by atoms with Crippen LogP contribution in [0.2, 0.25) is 0 Å². The van der Waals surface area contributed by atoms with Crippen LogP contribution >= 0.6 is 11.8 Å². The van der Waals surface area contributed by atoms with Gasteiger partial charge in [-0.15, -0.1) is 0 Å². The Morgan fingerprint density at radius 3 is 2.40 bits per heavy atom. The van der Waals surface area contributed by atoms with Crippen LogP contribution in [0.15, 0.2) is 0 Å². The zero-order valence-corrected chi connectivity index (χ0v) is 9.25. The SMILES string of the molecule is CSCC[C@@H](C(=O)O)N1C(=O)CCC1=O. The van der Waals surface area contributed by atoms with Crippen molar-refractivity contribution < 1.29 is 19.5 Å². The highest BCUT2D eigenvalue weighted by Gasteiger charge is 2.38. The molecule has 15 heavy (non-hydrogen) atoms. The maximum atomic E-state index is 11.3. The molecule has 5 nitrogen and oxygen atoms in total. The average Bonchev–Trinajstić information content (AvgIpc) is 2.49. The predicted octanol–water partition coefficient (Wildman–Crippen LogP) is 0.342. The van der Waals surface area contributed by atoms with E-state index in [4.69, 9.17) is 5.11 Å². The summed E-state index contributed by atoms with van der Waals surface area (Å²) < 4.78 is 0. The van der Waals surface area contributed by atoms with Crippen molar-refractivity contribution in [1.82, 2.24) is 4.90 Å². The van der Waals surface area contributed by atoms with E-state index in [1.807, 2.05) is 6.26 Å². The number of carboxylic acid groups (broad SMARTS) is 1. The van der Waals surface area contributed by atoms with Crippen molar-refractivity contribution in [2.24, 2.45) is 0 Å². The van der Waals surface area contributed by atoms with Crippen LogP contribution in [-0.2, 0) is 14.4 Å². The Hall–Kier alpha value is -1.04. The predicted molar refractivity (Wildman–Crippen MR) is 55.5 cm³/mol. The maximum Gasteiger partial charge on any atom is 0.326 e. The quantitative estimate of drug-likeness (QED) is 0.691. The second-order valence-electron chi connectivity index (χ2n) is 3.29. The van der Waals surface area contributed by atoms with Crippen LogP contribution in [0, 0.1) is 0 Å². The van der Waals surface area contributed by atoms with Gasteiger partial charge in [0.1, 0.15) is 6.04 Å². The Balaban J connectivity index is 2.74. The summed E-state index contributed by atoms with van der Waals surface area (Å²) in [4.78, 5) is 34.5. The number of rotatable bonds is 5. The zero-order valence-electron chi connectivity index (χ0n) is 8.43. The number of carbonyl (C=O) groups excluding carboxylic acids is 2. The van der Waals surface area contributed by atoms with Crippen molar-refractivity contribution >= 4 is 29.5 Å². The molecule has 0 spiro atoms. The van der Waals surface area contributed by atoms with Crippen LogP contribution in [0.4, 0.5) is 0 Å². The summed E-state index contributed by atoms with van der Waals surface area (Å²) in [6.07, 6.45) is 2.45. The molecule has 6 heteroatoms. The van der Waals surface area contributed by atoms with Crippen LogP contribution in [0.25, 0.3) is 0 Å². The van der Waals surface area contributed by atoms with E-state index in [9.17, 15) is 14.4 Å². The van der Waals surface area contributed by atoms with Gasteiger partial charge in [0.2, 0.25) is 11.8 Å². The van der Waals surface area contributed by atoms with E-state index in [-0.39, 0.29) is 24.7 Å². The Morgan fingerprint density at radius 1 is 1.47 bits per heavy atom. The lowest BCUT2D eigenvalue weighted by Gasteiger charge is -2.21. The number of thioether (sulfide) groups is 1. The Bertz CT molecular complexity index is 276. The van der Waals surface area contributed by atoms with Crippen molar-refractivity contribution in [3.05, 3.63) is 0 Å². The zero-order chi connectivity index (χ0) is 11.4. The Labute approximate surface area is 91.8 Å². The molecule has 1 aliphatic rings. The third-order valence-corrected chi connectivity index (χ3v) is 2.93. The molecule has 84 valence electrons. The molecule has 1 atom stereocenters. The molecule has 1 heterocycles. The van der Waals surface area contributed by atoms with E-state index in [2.05, 4.69) is 0 Å². The van der Waals surface area contributed by atoms with Gasteiger partial charge in [-0.25, -0.2) is 4.79 Å². The first-order chi connectivity index (χ1) is 7.07. The lowest BCUT2D eigenvalue weighted by atomic mass is 10.2. The van der Waals surface area contributed by atoms with E-state index >= 15 is 0 Å². The molecule has 1 N–H and O–H groups in total. The first-order valence-corrected chi connectivity index (χ1v) is 6.04. The van der Waals surface area contributed by atoms with E-state index < -0.39 is 12.0 Å². The van der Waals surface area contributed by atoms with E-state index in [0.29, 0.717) is 12.2 Å². The van der Waals surface area contributed by atoms with E-state index in [0.717, 1.165) is 4.90 Å². The molecule has 0 radical (unpaired) electrons. The van der Waals surface area contributed by atoms with Gasteiger partial charge < -0.3 is 5.11 Å². The third kappa shape index (κ3) is 2.71. The highest BCUT2D eigenvalue weighted by atomic mass is 32.2. The molecule has 0 unspecified atom stereocenters. The minimum atomic E-state index is -1.10. The molecule has 1 saturated heterocycles. The van der Waals surface area contributed by atoms with Gasteiger partial charge in [-0.1, -0.05) is 0 Å². The van der Waals surface area contributed by atoms with Crippen molar-refractivity contribution in [2.45, 2.75) is 25.3 Å². The van der Waals surface area contributed by atoms with E-state index in [1.54, 1.807) is 0 Å². The summed E-state index contributed by atoms with van der Waals surface area (Å²) in [5, 5.41) is 8.94. The second-order valence-corrected chi connectivity index (χ2v) is 4.28. The minimum absolute atomic E-state index is 0.141. The molecule has 0 bridgehead atoms. The standard InChI is InChI=1S/C9H13NO4S/c1-15-5-4-6(9(13)14)10-7(11)2-3-8(10)12/h6H,2-5H2,1H3,(H,13,14)/t6-/m0/s1. The fourth-order valence-electron chi connectivity index (χ4n) is 1.53. The number of carbonyl (C=O) groups is 3. The van der Waals surface area contributed by atoms with Gasteiger partial charge in [0, 0.05) is 12.8 Å². The first-order valence-electron chi connectivity index (χ1n) is 4.64. The molecule has 0 aliphatic carbocycles. The van der Waals surface area contributed by atoms with Crippen LogP contribution in [0.1, 0.15) is 19.3 Å². The van der Waals surface area contributed by atoms with Gasteiger partial charge in [0.15, 0.2) is 0 Å². The Kier molecular flexibility index (Phi) is 4.14. The fourth-order valence-corrected chi connectivity index (χ4v) is 1.99. The van der Waals surface area contributed by atoms with Gasteiger partial charge >= 0.3 is 5.97 Å². The summed E-state index contributed by atoms with van der Waals surface area (Å²) in [5.74, 6) is -1.22. The molecule has 2 amide bonds. The number of nitrogens with zero attached hydrogens (tertiary/aromatic N) is 1. The lowest BCUT2D eigenvalue weighted by Crippen LogP contribution is -2.44. The molecule has 1 aliphatic heterocycles. The number of imide groups is 1. The van der Waals surface area contributed by atoms with Gasteiger partial charge in [-0.2, -0.15) is 11.8 Å². The number of aliphatic carboxylic acids is 1. The summed E-state index contributed by atoms with van der Waals surface area (Å²) >= 11 is 1.50.